The number of rotatable bonds is 12. The third-order valence-corrected chi connectivity index (χ3v) is 9.29. The number of sulfonamides is 1. The summed E-state index contributed by atoms with van der Waals surface area (Å²) in [5.74, 6) is -0.374. The van der Waals surface area contributed by atoms with Crippen molar-refractivity contribution in [3.63, 3.8) is 0 Å². The Kier molecular flexibility index (Phi) is 10.6. The first-order valence-corrected chi connectivity index (χ1v) is 15.9. The highest BCUT2D eigenvalue weighted by Gasteiger charge is 2.34. The van der Waals surface area contributed by atoms with Crippen LogP contribution in [0, 0.1) is 6.92 Å². The van der Waals surface area contributed by atoms with Crippen LogP contribution in [0.15, 0.2) is 112 Å². The number of hydrogen-bond acceptors (Lipinski definition) is 5. The summed E-state index contributed by atoms with van der Waals surface area (Å²) >= 11 is 3.48. The Morgan fingerprint density at radius 3 is 2.14 bits per heavy atom. The summed E-state index contributed by atoms with van der Waals surface area (Å²) in [5, 5.41) is 2.69. The van der Waals surface area contributed by atoms with Gasteiger partial charge in [-0.25, -0.2) is 8.42 Å². The average Bonchev–Trinajstić information content (AvgIpc) is 3.02. The zero-order valence-electron chi connectivity index (χ0n) is 24.2. The van der Waals surface area contributed by atoms with Crippen LogP contribution in [0.1, 0.15) is 16.7 Å². The van der Waals surface area contributed by atoms with Gasteiger partial charge in [-0.05, 0) is 66.6 Å². The lowest BCUT2D eigenvalue weighted by molar-refractivity contribution is -0.139. The number of halogens is 1. The number of aryl methyl sites for hydroxylation is 1. The molecule has 224 valence electrons. The van der Waals surface area contributed by atoms with Gasteiger partial charge in [0.1, 0.15) is 18.3 Å². The summed E-state index contributed by atoms with van der Waals surface area (Å²) in [4.78, 5) is 29.1. The molecule has 0 saturated carbocycles. The highest BCUT2D eigenvalue weighted by molar-refractivity contribution is 9.10. The number of likely N-dealkylation sites (N-methyl/N-ethyl adjacent to an activating group) is 1. The molecule has 0 aromatic heterocycles. The topological polar surface area (TPSA) is 96.0 Å². The van der Waals surface area contributed by atoms with Gasteiger partial charge < -0.3 is 15.0 Å². The molecular weight excluding hydrogens is 630 g/mol. The van der Waals surface area contributed by atoms with E-state index in [2.05, 4.69) is 21.2 Å². The SMILES string of the molecule is CNC(=O)[C@H](Cc1ccccc1)N(Cc1cccc(Br)c1)C(=O)CN(c1ccc(C)cc1)S(=O)(=O)c1ccc(OC)cc1. The van der Waals surface area contributed by atoms with Gasteiger partial charge in [0.05, 0.1) is 17.7 Å². The van der Waals surface area contributed by atoms with Crippen molar-refractivity contribution in [3.05, 3.63) is 124 Å². The first-order valence-electron chi connectivity index (χ1n) is 13.6. The number of hydrogen-bond donors (Lipinski definition) is 1. The van der Waals surface area contributed by atoms with E-state index in [1.165, 1.54) is 31.2 Å². The van der Waals surface area contributed by atoms with Gasteiger partial charge >= 0.3 is 0 Å². The molecule has 8 nitrogen and oxygen atoms in total. The van der Waals surface area contributed by atoms with Gasteiger partial charge in [0.25, 0.3) is 10.0 Å². The second kappa shape index (κ2) is 14.3. The van der Waals surface area contributed by atoms with Gasteiger partial charge in [-0.2, -0.15) is 0 Å². The molecule has 1 atom stereocenters. The van der Waals surface area contributed by atoms with E-state index in [0.29, 0.717) is 11.4 Å². The summed E-state index contributed by atoms with van der Waals surface area (Å²) in [7, 11) is -1.17. The fourth-order valence-electron chi connectivity index (χ4n) is 4.67. The van der Waals surface area contributed by atoms with Crippen molar-refractivity contribution in [1.29, 1.82) is 0 Å². The molecule has 0 aliphatic rings. The zero-order valence-corrected chi connectivity index (χ0v) is 26.6. The van der Waals surface area contributed by atoms with Gasteiger partial charge in [-0.1, -0.05) is 76.1 Å². The maximum Gasteiger partial charge on any atom is 0.264 e. The van der Waals surface area contributed by atoms with E-state index in [0.717, 1.165) is 25.5 Å². The van der Waals surface area contributed by atoms with Crippen molar-refractivity contribution in [2.24, 2.45) is 0 Å². The number of nitrogens with one attached hydrogen (secondary N) is 1. The number of nitrogens with zero attached hydrogens (tertiary/aromatic N) is 2. The van der Waals surface area contributed by atoms with Crippen molar-refractivity contribution in [2.45, 2.75) is 30.8 Å². The highest BCUT2D eigenvalue weighted by Crippen LogP contribution is 2.27. The number of benzene rings is 4. The summed E-state index contributed by atoms with van der Waals surface area (Å²) in [6.07, 6.45) is 0.246. The molecule has 43 heavy (non-hydrogen) atoms. The molecule has 1 N–H and O–H groups in total. The van der Waals surface area contributed by atoms with Crippen molar-refractivity contribution < 1.29 is 22.7 Å². The highest BCUT2D eigenvalue weighted by atomic mass is 79.9. The molecule has 4 aromatic carbocycles. The van der Waals surface area contributed by atoms with Crippen LogP contribution in [0.25, 0.3) is 0 Å². The first-order chi connectivity index (χ1) is 20.6. The van der Waals surface area contributed by atoms with Gasteiger partial charge in [-0.3, -0.25) is 13.9 Å². The number of methoxy groups -OCH3 is 1. The standard InChI is InChI=1S/C33H34BrN3O5S/c1-24-12-14-28(15-13-24)37(43(40,41)30-18-16-29(42-3)17-19-30)23-32(38)36(22-26-10-7-11-27(34)20-26)31(33(39)35-2)21-25-8-5-4-6-9-25/h4-20,31H,21-23H2,1-3H3,(H,35,39)/t31-/m0/s1. The van der Waals surface area contributed by atoms with Crippen LogP contribution in [0.3, 0.4) is 0 Å². The molecule has 0 unspecified atom stereocenters. The normalized spacial score (nSPS) is 11.8. The summed E-state index contributed by atoms with van der Waals surface area (Å²) in [6.45, 7) is 1.47. The monoisotopic (exact) mass is 663 g/mol. The minimum atomic E-state index is -4.19. The fourth-order valence-corrected chi connectivity index (χ4v) is 6.53. The summed E-state index contributed by atoms with van der Waals surface area (Å²) < 4.78 is 35.2. The molecule has 0 bridgehead atoms. The van der Waals surface area contributed by atoms with Crippen LogP contribution in [0.5, 0.6) is 5.75 Å². The Morgan fingerprint density at radius 2 is 1.53 bits per heavy atom. The van der Waals surface area contributed by atoms with Crippen LogP contribution < -0.4 is 14.4 Å². The summed E-state index contributed by atoms with van der Waals surface area (Å²) in [6, 6.07) is 28.9. The van der Waals surface area contributed by atoms with E-state index in [9.17, 15) is 18.0 Å². The van der Waals surface area contributed by atoms with Crippen molar-refractivity contribution >= 4 is 43.5 Å². The number of carbonyl (C=O) groups excluding carboxylic acids is 2. The Hall–Kier alpha value is -4.15. The lowest BCUT2D eigenvalue weighted by Gasteiger charge is -2.33. The predicted octanol–water partition coefficient (Wildman–Crippen LogP) is 5.35. The van der Waals surface area contributed by atoms with Gasteiger partial charge in [0, 0.05) is 24.5 Å². The van der Waals surface area contributed by atoms with E-state index in [4.69, 9.17) is 4.74 Å². The predicted molar refractivity (Wildman–Crippen MR) is 171 cm³/mol. The molecule has 0 heterocycles. The largest absolute Gasteiger partial charge is 0.497 e. The van der Waals surface area contributed by atoms with Crippen LogP contribution in [0.2, 0.25) is 0 Å². The molecule has 4 rings (SSSR count). The maximum atomic E-state index is 14.3. The van der Waals surface area contributed by atoms with E-state index >= 15 is 0 Å². The average molecular weight is 665 g/mol. The van der Waals surface area contributed by atoms with E-state index < -0.39 is 28.5 Å². The van der Waals surface area contributed by atoms with Crippen LogP contribution in [-0.2, 0) is 32.6 Å². The molecule has 10 heteroatoms. The minimum Gasteiger partial charge on any atom is -0.497 e. The molecule has 0 saturated heterocycles. The number of anilines is 1. The lowest BCUT2D eigenvalue weighted by atomic mass is 10.0. The number of carbonyl (C=O) groups is 2. The van der Waals surface area contributed by atoms with E-state index in [1.54, 1.807) is 36.4 Å². The Morgan fingerprint density at radius 1 is 0.884 bits per heavy atom. The second-order valence-electron chi connectivity index (χ2n) is 9.99. The third-order valence-electron chi connectivity index (χ3n) is 7.01. The Balaban J connectivity index is 1.78. The van der Waals surface area contributed by atoms with Crippen molar-refractivity contribution in [1.82, 2.24) is 10.2 Å². The third kappa shape index (κ3) is 8.03. The van der Waals surface area contributed by atoms with E-state index in [-0.39, 0.29) is 23.8 Å². The molecule has 0 radical (unpaired) electrons. The van der Waals surface area contributed by atoms with Gasteiger partial charge in [0.2, 0.25) is 11.8 Å². The molecule has 4 aromatic rings. The molecular formula is C33H34BrN3O5S. The molecule has 0 aliphatic heterocycles. The van der Waals surface area contributed by atoms with Crippen LogP contribution in [0.4, 0.5) is 5.69 Å². The van der Waals surface area contributed by atoms with Crippen molar-refractivity contribution in [2.75, 3.05) is 25.0 Å². The quantitative estimate of drug-likeness (QED) is 0.221. The smallest absolute Gasteiger partial charge is 0.264 e. The molecule has 0 fully saturated rings. The van der Waals surface area contributed by atoms with Crippen LogP contribution >= 0.6 is 15.9 Å². The zero-order chi connectivity index (χ0) is 31.0. The lowest BCUT2D eigenvalue weighted by Crippen LogP contribution is -2.53. The Bertz CT molecular complexity index is 1650. The van der Waals surface area contributed by atoms with Crippen LogP contribution in [-0.4, -0.2) is 51.9 Å². The van der Waals surface area contributed by atoms with Gasteiger partial charge in [0.15, 0.2) is 0 Å². The number of ether oxygens (including phenoxy) is 1. The minimum absolute atomic E-state index is 0.00681. The number of amides is 2. The van der Waals surface area contributed by atoms with Gasteiger partial charge in [-0.15, -0.1) is 0 Å². The second-order valence-corrected chi connectivity index (χ2v) is 12.8. The molecule has 0 aliphatic carbocycles. The summed E-state index contributed by atoms with van der Waals surface area (Å²) in [5.41, 5.74) is 2.92. The molecule has 2 amide bonds. The van der Waals surface area contributed by atoms with Crippen molar-refractivity contribution in [3.8, 4) is 5.75 Å². The maximum absolute atomic E-state index is 14.3. The van der Waals surface area contributed by atoms with E-state index in [1.807, 2.05) is 61.5 Å². The molecule has 0 spiro atoms. The fraction of sp³-hybridized carbons (Fsp3) is 0.212. The first kappa shape index (κ1) is 31.8. The Labute approximate surface area is 261 Å².